The molecule has 2 amide bonds. The van der Waals surface area contributed by atoms with Crippen molar-refractivity contribution in [3.63, 3.8) is 0 Å². The number of carbonyl (C=O) groups excluding carboxylic acids is 2. The summed E-state index contributed by atoms with van der Waals surface area (Å²) in [6.07, 6.45) is 2.19. The predicted octanol–water partition coefficient (Wildman–Crippen LogP) is -0.292. The van der Waals surface area contributed by atoms with Crippen molar-refractivity contribution in [2.24, 2.45) is 0 Å². The lowest BCUT2D eigenvalue weighted by Gasteiger charge is -2.22. The quantitative estimate of drug-likeness (QED) is 0.753. The fourth-order valence-electron chi connectivity index (χ4n) is 3.35. The molecule has 1 N–H and O–H groups in total. The molecule has 10 nitrogen and oxygen atoms in total. The van der Waals surface area contributed by atoms with Gasteiger partial charge in [-0.25, -0.2) is 14.8 Å². The van der Waals surface area contributed by atoms with Gasteiger partial charge in [-0.3, -0.25) is 19.4 Å². The lowest BCUT2D eigenvalue weighted by molar-refractivity contribution is -0.131. The first-order chi connectivity index (χ1) is 13.8. The molecule has 0 bridgehead atoms. The highest BCUT2D eigenvalue weighted by Gasteiger charge is 2.23. The summed E-state index contributed by atoms with van der Waals surface area (Å²) in [7, 11) is 0. The molecule has 2 aromatic heterocycles. The number of aromatic amines is 1. The molecule has 0 unspecified atom stereocenters. The lowest BCUT2D eigenvalue weighted by atomic mass is 10.2. The number of hydrogen-bond donors (Lipinski definition) is 1. The van der Waals surface area contributed by atoms with E-state index < -0.39 is 11.2 Å². The van der Waals surface area contributed by atoms with Crippen LogP contribution in [-0.2, 0) is 11.3 Å². The van der Waals surface area contributed by atoms with Crippen LogP contribution in [0.1, 0.15) is 34.8 Å². The SMILES string of the molecule is Cc1cc(C(=O)N2CCCN(C(=O)CCn3ccc(=O)[nH]c3=O)CC2)nc(C)n1. The van der Waals surface area contributed by atoms with Gasteiger partial charge in [-0.15, -0.1) is 0 Å². The number of amides is 2. The summed E-state index contributed by atoms with van der Waals surface area (Å²) < 4.78 is 1.30. The van der Waals surface area contributed by atoms with Gasteiger partial charge in [-0.05, 0) is 26.3 Å². The Kier molecular flexibility index (Phi) is 6.20. The van der Waals surface area contributed by atoms with Gasteiger partial charge in [0.2, 0.25) is 5.91 Å². The number of carbonyl (C=O) groups is 2. The van der Waals surface area contributed by atoms with Crippen molar-refractivity contribution in [3.05, 3.63) is 56.4 Å². The largest absolute Gasteiger partial charge is 0.341 e. The Morgan fingerprint density at radius 3 is 2.52 bits per heavy atom. The lowest BCUT2D eigenvalue weighted by Crippen LogP contribution is -2.38. The molecule has 154 valence electrons. The minimum atomic E-state index is -0.534. The van der Waals surface area contributed by atoms with Crippen LogP contribution in [0, 0.1) is 13.8 Å². The van der Waals surface area contributed by atoms with Gasteiger partial charge in [-0.2, -0.15) is 0 Å². The Morgan fingerprint density at radius 1 is 1.07 bits per heavy atom. The number of aromatic nitrogens is 4. The monoisotopic (exact) mass is 400 g/mol. The molecule has 1 aliphatic heterocycles. The van der Waals surface area contributed by atoms with Crippen LogP contribution in [0.15, 0.2) is 27.9 Å². The van der Waals surface area contributed by atoms with Crippen LogP contribution in [0.2, 0.25) is 0 Å². The zero-order chi connectivity index (χ0) is 21.0. The zero-order valence-electron chi connectivity index (χ0n) is 16.6. The van der Waals surface area contributed by atoms with Gasteiger partial charge < -0.3 is 14.4 Å². The Morgan fingerprint density at radius 2 is 1.79 bits per heavy atom. The van der Waals surface area contributed by atoms with E-state index in [1.807, 2.05) is 6.92 Å². The third kappa shape index (κ3) is 5.15. The molecule has 1 aliphatic rings. The number of hydrogen-bond acceptors (Lipinski definition) is 6. The molecular weight excluding hydrogens is 376 g/mol. The smallest absolute Gasteiger partial charge is 0.328 e. The number of H-pyrrole nitrogens is 1. The number of nitrogens with zero attached hydrogens (tertiary/aromatic N) is 5. The zero-order valence-corrected chi connectivity index (χ0v) is 16.6. The van der Waals surface area contributed by atoms with Gasteiger partial charge >= 0.3 is 5.69 Å². The minimum absolute atomic E-state index is 0.0916. The van der Waals surface area contributed by atoms with E-state index >= 15 is 0 Å². The molecule has 0 spiro atoms. The summed E-state index contributed by atoms with van der Waals surface area (Å²) in [6.45, 7) is 5.70. The van der Waals surface area contributed by atoms with Crippen LogP contribution < -0.4 is 11.2 Å². The van der Waals surface area contributed by atoms with Crippen molar-refractivity contribution in [1.82, 2.24) is 29.3 Å². The second-order valence-electron chi connectivity index (χ2n) is 7.02. The van der Waals surface area contributed by atoms with Gasteiger partial charge in [0.15, 0.2) is 0 Å². The molecule has 29 heavy (non-hydrogen) atoms. The van der Waals surface area contributed by atoms with Crippen molar-refractivity contribution in [3.8, 4) is 0 Å². The highest BCUT2D eigenvalue weighted by molar-refractivity contribution is 5.92. The van der Waals surface area contributed by atoms with Crippen molar-refractivity contribution in [2.75, 3.05) is 26.2 Å². The van der Waals surface area contributed by atoms with Gasteiger partial charge in [0.25, 0.3) is 11.5 Å². The van der Waals surface area contributed by atoms with Gasteiger partial charge in [0, 0.05) is 57.1 Å². The van der Waals surface area contributed by atoms with Crippen LogP contribution >= 0.6 is 0 Å². The molecule has 2 aromatic rings. The maximum absolute atomic E-state index is 12.8. The molecule has 3 heterocycles. The first kappa shape index (κ1) is 20.4. The fourth-order valence-corrected chi connectivity index (χ4v) is 3.35. The van der Waals surface area contributed by atoms with Crippen LogP contribution in [0.4, 0.5) is 0 Å². The van der Waals surface area contributed by atoms with E-state index in [1.165, 1.54) is 16.8 Å². The van der Waals surface area contributed by atoms with E-state index in [0.29, 0.717) is 44.1 Å². The molecule has 3 rings (SSSR count). The van der Waals surface area contributed by atoms with E-state index in [-0.39, 0.29) is 24.8 Å². The third-order valence-corrected chi connectivity index (χ3v) is 4.78. The van der Waals surface area contributed by atoms with Crippen LogP contribution in [0.5, 0.6) is 0 Å². The molecular formula is C19H24N6O4. The average Bonchev–Trinajstić information content (AvgIpc) is 2.92. The molecule has 1 fully saturated rings. The molecule has 0 aromatic carbocycles. The number of rotatable bonds is 4. The second kappa shape index (κ2) is 8.80. The van der Waals surface area contributed by atoms with Crippen molar-refractivity contribution in [2.45, 2.75) is 33.2 Å². The molecule has 0 atom stereocenters. The normalized spacial score (nSPS) is 14.6. The highest BCUT2D eigenvalue weighted by atomic mass is 16.2. The van der Waals surface area contributed by atoms with E-state index in [9.17, 15) is 19.2 Å². The maximum Gasteiger partial charge on any atom is 0.328 e. The number of nitrogens with one attached hydrogen (secondary N) is 1. The first-order valence-electron chi connectivity index (χ1n) is 9.52. The van der Waals surface area contributed by atoms with Crippen molar-refractivity contribution >= 4 is 11.8 Å². The second-order valence-corrected chi connectivity index (χ2v) is 7.02. The van der Waals surface area contributed by atoms with Crippen LogP contribution in [0.25, 0.3) is 0 Å². The third-order valence-electron chi connectivity index (χ3n) is 4.78. The summed E-state index contributed by atoms with van der Waals surface area (Å²) in [5.41, 5.74) is 0.106. The molecule has 0 saturated carbocycles. The summed E-state index contributed by atoms with van der Waals surface area (Å²) in [4.78, 5) is 62.2. The predicted molar refractivity (Wildman–Crippen MR) is 105 cm³/mol. The molecule has 1 saturated heterocycles. The van der Waals surface area contributed by atoms with E-state index in [4.69, 9.17) is 0 Å². The number of aryl methyl sites for hydroxylation is 3. The molecule has 10 heteroatoms. The topological polar surface area (TPSA) is 121 Å². The molecule has 0 radical (unpaired) electrons. The summed E-state index contributed by atoms with van der Waals surface area (Å²) in [5.74, 6) is 0.302. The van der Waals surface area contributed by atoms with E-state index in [2.05, 4.69) is 15.0 Å². The van der Waals surface area contributed by atoms with Gasteiger partial charge in [0.05, 0.1) is 0 Å². The van der Waals surface area contributed by atoms with Gasteiger partial charge in [-0.1, -0.05) is 0 Å². The minimum Gasteiger partial charge on any atom is -0.341 e. The van der Waals surface area contributed by atoms with Crippen LogP contribution in [0.3, 0.4) is 0 Å². The summed E-state index contributed by atoms with van der Waals surface area (Å²) in [5, 5.41) is 0. The highest BCUT2D eigenvalue weighted by Crippen LogP contribution is 2.10. The average molecular weight is 400 g/mol. The summed E-state index contributed by atoms with van der Waals surface area (Å²) >= 11 is 0. The van der Waals surface area contributed by atoms with Crippen molar-refractivity contribution in [1.29, 1.82) is 0 Å². The standard InChI is InChI=1S/C19H24N6O4/c1-13-12-15(21-14(2)20-13)18(28)24-7-3-6-23(10-11-24)17(27)5-9-25-8-4-16(26)22-19(25)29/h4,8,12H,3,5-7,9-11H2,1-2H3,(H,22,26,29). The van der Waals surface area contributed by atoms with Crippen molar-refractivity contribution < 1.29 is 9.59 Å². The van der Waals surface area contributed by atoms with Gasteiger partial charge in [0.1, 0.15) is 11.5 Å². The molecule has 0 aliphatic carbocycles. The van der Waals surface area contributed by atoms with E-state index in [1.54, 1.807) is 22.8 Å². The Hall–Kier alpha value is -3.30. The van der Waals surface area contributed by atoms with E-state index in [0.717, 1.165) is 5.69 Å². The first-order valence-corrected chi connectivity index (χ1v) is 9.52. The summed E-state index contributed by atoms with van der Waals surface area (Å²) in [6, 6.07) is 2.92. The Balaban J connectivity index is 1.58. The fraction of sp³-hybridized carbons (Fsp3) is 0.474. The Bertz CT molecular complexity index is 1010. The Labute approximate surface area is 167 Å². The maximum atomic E-state index is 12.8. The van der Waals surface area contributed by atoms with Crippen LogP contribution in [-0.4, -0.2) is 67.3 Å².